The number of benzene rings is 2. The van der Waals surface area contributed by atoms with E-state index >= 15 is 0 Å². The number of rotatable bonds is 6. The molecular weight excluding hydrogens is 573 g/mol. The van der Waals surface area contributed by atoms with Crippen molar-refractivity contribution in [2.75, 3.05) is 0 Å². The molecule has 2 unspecified atom stereocenters. The summed E-state index contributed by atoms with van der Waals surface area (Å²) in [4.78, 5) is 0. The van der Waals surface area contributed by atoms with E-state index in [4.69, 9.17) is 17.7 Å². The highest BCUT2D eigenvalue weighted by Crippen LogP contribution is 2.59. The molecule has 2 aliphatic carbocycles. The average molecular weight is 609 g/mol. The zero-order valence-electron chi connectivity index (χ0n) is 26.5. The number of fused-ring (bicyclic) bond motifs is 2. The summed E-state index contributed by atoms with van der Waals surface area (Å²) in [6.07, 6.45) is 12.0. The van der Waals surface area contributed by atoms with Gasteiger partial charge in [-0.05, 0) is 109 Å². The minimum atomic E-state index is -2.38. The van der Waals surface area contributed by atoms with Crippen LogP contribution in [0.1, 0.15) is 67.1 Å². The molecule has 5 heteroatoms. The summed E-state index contributed by atoms with van der Waals surface area (Å²) in [5.41, 5.74) is 14.8. The summed E-state index contributed by atoms with van der Waals surface area (Å²) < 4.78 is 24.7. The van der Waals surface area contributed by atoms with Crippen LogP contribution in [0.2, 0.25) is 13.1 Å². The molecule has 2 atom stereocenters. The molecule has 2 aromatic carbocycles. The van der Waals surface area contributed by atoms with Crippen molar-refractivity contribution in [3.8, 4) is 22.6 Å². The van der Waals surface area contributed by atoms with Gasteiger partial charge in [-0.2, -0.15) is 0 Å². The zero-order valence-corrected chi connectivity index (χ0v) is 27.5. The summed E-state index contributed by atoms with van der Waals surface area (Å²) >= 11 is 0. The molecule has 4 aromatic heterocycles. The first-order valence-electron chi connectivity index (χ1n) is 15.6. The Kier molecular flexibility index (Phi) is 6.26. The SMILES string of the molecule is Cc1ccoc1C1=Cc2c(-c3occc3C)cccc2C1[Si](C)(C)C1C(c2occc2C)=Cc2c(-c3occc3C)cccc21. The summed E-state index contributed by atoms with van der Waals surface area (Å²) in [6.45, 7) is 13.6. The van der Waals surface area contributed by atoms with Gasteiger partial charge in [0.2, 0.25) is 0 Å². The first kappa shape index (κ1) is 27.8. The lowest BCUT2D eigenvalue weighted by Gasteiger charge is -2.39. The maximum atomic E-state index is 6.28. The topological polar surface area (TPSA) is 52.6 Å². The van der Waals surface area contributed by atoms with Gasteiger partial charge < -0.3 is 17.7 Å². The number of aryl methyl sites for hydroxylation is 4. The molecule has 2 aliphatic rings. The summed E-state index contributed by atoms with van der Waals surface area (Å²) in [5.74, 6) is 3.79. The van der Waals surface area contributed by atoms with E-state index in [0.29, 0.717) is 0 Å². The second-order valence-electron chi connectivity index (χ2n) is 13.2. The van der Waals surface area contributed by atoms with Gasteiger partial charge in [-0.15, -0.1) is 0 Å². The molecule has 224 valence electrons. The monoisotopic (exact) mass is 608 g/mol. The van der Waals surface area contributed by atoms with E-state index in [1.807, 2.05) is 24.7 Å². The molecule has 8 rings (SSSR count). The Balaban J connectivity index is 1.37. The van der Waals surface area contributed by atoms with E-state index in [1.54, 1.807) is 12.5 Å². The lowest BCUT2D eigenvalue weighted by atomic mass is 9.99. The Morgan fingerprint density at radius 3 is 1.16 bits per heavy atom. The van der Waals surface area contributed by atoms with E-state index in [9.17, 15) is 0 Å². The lowest BCUT2D eigenvalue weighted by Crippen LogP contribution is -2.42. The highest BCUT2D eigenvalue weighted by Gasteiger charge is 2.51. The van der Waals surface area contributed by atoms with E-state index in [-0.39, 0.29) is 11.1 Å². The van der Waals surface area contributed by atoms with E-state index in [2.05, 4.69) is 101 Å². The fourth-order valence-electron chi connectivity index (χ4n) is 8.00. The molecule has 4 heterocycles. The van der Waals surface area contributed by atoms with Crippen LogP contribution in [-0.2, 0) is 0 Å². The Bertz CT molecular complexity index is 2000. The molecule has 0 amide bonds. The Hall–Kier alpha value is -4.74. The van der Waals surface area contributed by atoms with Crippen molar-refractivity contribution < 1.29 is 17.7 Å². The van der Waals surface area contributed by atoms with Crippen molar-refractivity contribution in [3.05, 3.63) is 142 Å². The smallest absolute Gasteiger partial charge is 0.137 e. The average Bonchev–Trinajstić information content (AvgIpc) is 3.85. The number of hydrogen-bond donors (Lipinski definition) is 0. The molecule has 0 fully saturated rings. The van der Waals surface area contributed by atoms with Crippen molar-refractivity contribution in [1.29, 1.82) is 0 Å². The molecule has 0 N–H and O–H groups in total. The zero-order chi connectivity index (χ0) is 31.0. The number of hydrogen-bond acceptors (Lipinski definition) is 4. The summed E-state index contributed by atoms with van der Waals surface area (Å²) in [5, 5.41) is 0. The van der Waals surface area contributed by atoms with Crippen LogP contribution in [0.15, 0.2) is 103 Å². The van der Waals surface area contributed by atoms with Crippen LogP contribution in [0.25, 0.3) is 45.9 Å². The largest absolute Gasteiger partial charge is 0.464 e. The molecule has 45 heavy (non-hydrogen) atoms. The van der Waals surface area contributed by atoms with Crippen molar-refractivity contribution >= 4 is 31.4 Å². The van der Waals surface area contributed by atoms with Gasteiger partial charge in [0.1, 0.15) is 23.0 Å². The summed E-state index contributed by atoms with van der Waals surface area (Å²) in [7, 11) is -2.38. The fraction of sp³-hybridized carbons (Fsp3) is 0.200. The van der Waals surface area contributed by atoms with Gasteiger partial charge in [0.15, 0.2) is 0 Å². The van der Waals surface area contributed by atoms with Gasteiger partial charge in [0.25, 0.3) is 0 Å². The normalized spacial score (nSPS) is 17.4. The van der Waals surface area contributed by atoms with Gasteiger partial charge in [0, 0.05) is 33.4 Å². The molecule has 0 aliphatic heterocycles. The number of furan rings is 4. The molecule has 6 aromatic rings. The second-order valence-corrected chi connectivity index (χ2v) is 18.0. The van der Waals surface area contributed by atoms with E-state index in [1.165, 1.54) is 33.4 Å². The molecule has 0 spiro atoms. The van der Waals surface area contributed by atoms with Gasteiger partial charge in [-0.3, -0.25) is 0 Å². The third kappa shape index (κ3) is 4.10. The molecule has 0 saturated heterocycles. The van der Waals surface area contributed by atoms with Crippen LogP contribution in [0, 0.1) is 27.7 Å². The maximum absolute atomic E-state index is 6.28. The van der Waals surface area contributed by atoms with Crippen LogP contribution >= 0.6 is 0 Å². The minimum Gasteiger partial charge on any atom is -0.464 e. The van der Waals surface area contributed by atoms with Crippen LogP contribution < -0.4 is 0 Å². The van der Waals surface area contributed by atoms with E-state index < -0.39 is 8.07 Å². The summed E-state index contributed by atoms with van der Waals surface area (Å²) in [6, 6.07) is 21.6. The quantitative estimate of drug-likeness (QED) is 0.177. The number of allylic oxidation sites excluding steroid dienone is 2. The van der Waals surface area contributed by atoms with Crippen molar-refractivity contribution in [2.24, 2.45) is 0 Å². The van der Waals surface area contributed by atoms with Crippen LogP contribution in [0.5, 0.6) is 0 Å². The van der Waals surface area contributed by atoms with Gasteiger partial charge in [-0.25, -0.2) is 0 Å². The Morgan fingerprint density at radius 2 is 0.822 bits per heavy atom. The highest BCUT2D eigenvalue weighted by molar-refractivity contribution is 6.84. The molecule has 4 nitrogen and oxygen atoms in total. The van der Waals surface area contributed by atoms with Crippen LogP contribution in [0.4, 0.5) is 0 Å². The van der Waals surface area contributed by atoms with Gasteiger partial charge in [-0.1, -0.05) is 49.5 Å². The van der Waals surface area contributed by atoms with Gasteiger partial charge in [0.05, 0.1) is 33.1 Å². The third-order valence-corrected chi connectivity index (χ3v) is 14.3. The van der Waals surface area contributed by atoms with Crippen molar-refractivity contribution in [1.82, 2.24) is 0 Å². The standard InChI is InChI=1S/C40H36O4Si/c1-23-13-17-41-35(23)27-9-7-11-29-31(27)21-33(37-25(3)15-19-43-37)39(29)45(5,6)40-30-12-8-10-28(36-24(2)14-18-42-36)32(30)22-34(40)38-26(4)16-20-44-38/h7-22,39-40H,1-6H3. The molecular formula is C40H36O4Si. The van der Waals surface area contributed by atoms with Crippen molar-refractivity contribution in [2.45, 2.75) is 51.9 Å². The fourth-order valence-corrected chi connectivity index (χ4v) is 12.5. The highest BCUT2D eigenvalue weighted by atomic mass is 28.3. The van der Waals surface area contributed by atoms with Gasteiger partial charge >= 0.3 is 0 Å². The van der Waals surface area contributed by atoms with E-state index in [0.717, 1.165) is 56.4 Å². The lowest BCUT2D eigenvalue weighted by molar-refractivity contribution is 0.548. The maximum Gasteiger partial charge on any atom is 0.137 e. The minimum absolute atomic E-state index is 0.163. The predicted octanol–water partition coefficient (Wildman–Crippen LogP) is 11.4. The third-order valence-electron chi connectivity index (χ3n) is 10.1. The Labute approximate surface area is 264 Å². The first-order chi connectivity index (χ1) is 21.8. The molecule has 0 saturated carbocycles. The molecule has 0 bridgehead atoms. The first-order valence-corrected chi connectivity index (χ1v) is 18.8. The Morgan fingerprint density at radius 1 is 0.467 bits per heavy atom. The molecule has 0 radical (unpaired) electrons. The predicted molar refractivity (Wildman–Crippen MR) is 183 cm³/mol. The van der Waals surface area contributed by atoms with Crippen LogP contribution in [0.3, 0.4) is 0 Å². The second kappa shape index (κ2) is 10.1. The van der Waals surface area contributed by atoms with Crippen LogP contribution in [-0.4, -0.2) is 8.07 Å². The van der Waals surface area contributed by atoms with Crippen molar-refractivity contribution in [3.63, 3.8) is 0 Å².